The maximum Gasteiger partial charge on any atom is 0.319 e. The van der Waals surface area contributed by atoms with Crippen molar-refractivity contribution < 1.29 is 14.3 Å². The predicted octanol–water partition coefficient (Wildman–Crippen LogP) is 1.84. The summed E-state index contributed by atoms with van der Waals surface area (Å²) in [5, 5.41) is 14.1. The van der Waals surface area contributed by atoms with Crippen molar-refractivity contribution in [2.24, 2.45) is 0 Å². The topological polar surface area (TPSA) is 61.4 Å². The molecule has 19 heavy (non-hydrogen) atoms. The summed E-state index contributed by atoms with van der Waals surface area (Å²) in [5.41, 5.74) is 0.621. The van der Waals surface area contributed by atoms with Gasteiger partial charge < -0.3 is 15.7 Å². The Kier molecular flexibility index (Phi) is 4.37. The number of hydrogen-bond donors (Lipinski definition) is 3. The van der Waals surface area contributed by atoms with Gasteiger partial charge in [-0.25, -0.2) is 9.18 Å². The fraction of sp³-hybridized carbons (Fsp3) is 0.357. The summed E-state index contributed by atoms with van der Waals surface area (Å²) in [7, 11) is 0. The lowest BCUT2D eigenvalue weighted by molar-refractivity contribution is 0.240. The standard InChI is InChI=1S/C14H15FN2O2/c15-13-7-6-12(9-10(13)3-2-8-18)17-14(19)16-11-4-1-5-11/h6-7,9,11,18H,1,4-5,8H2,(H2,16,17,19). The monoisotopic (exact) mass is 262 g/mol. The van der Waals surface area contributed by atoms with E-state index in [4.69, 9.17) is 5.11 Å². The van der Waals surface area contributed by atoms with Crippen molar-refractivity contribution in [1.29, 1.82) is 0 Å². The maximum absolute atomic E-state index is 13.4. The van der Waals surface area contributed by atoms with Gasteiger partial charge in [-0.2, -0.15) is 0 Å². The van der Waals surface area contributed by atoms with Crippen LogP contribution in [-0.2, 0) is 0 Å². The second-order valence-electron chi connectivity index (χ2n) is 4.38. The molecule has 100 valence electrons. The van der Waals surface area contributed by atoms with Crippen LogP contribution < -0.4 is 10.6 Å². The molecule has 1 fully saturated rings. The van der Waals surface area contributed by atoms with Crippen LogP contribution in [0.1, 0.15) is 24.8 Å². The summed E-state index contributed by atoms with van der Waals surface area (Å²) in [6.45, 7) is -0.334. The Hall–Kier alpha value is -2.06. The van der Waals surface area contributed by atoms with Gasteiger partial charge in [0.05, 0.1) is 5.56 Å². The Morgan fingerprint density at radius 1 is 1.47 bits per heavy atom. The number of nitrogens with one attached hydrogen (secondary N) is 2. The number of rotatable bonds is 2. The number of anilines is 1. The lowest BCUT2D eigenvalue weighted by atomic mass is 9.93. The van der Waals surface area contributed by atoms with Crippen LogP contribution in [0.5, 0.6) is 0 Å². The molecule has 0 unspecified atom stereocenters. The molecule has 1 aliphatic carbocycles. The zero-order valence-electron chi connectivity index (χ0n) is 10.4. The summed E-state index contributed by atoms with van der Waals surface area (Å²) in [4.78, 5) is 11.6. The number of carbonyl (C=O) groups is 1. The molecule has 0 atom stereocenters. The van der Waals surface area contributed by atoms with E-state index in [1.807, 2.05) is 0 Å². The summed E-state index contributed by atoms with van der Waals surface area (Å²) in [5.74, 6) is 4.39. The van der Waals surface area contributed by atoms with Crippen LogP contribution in [0.25, 0.3) is 0 Å². The fourth-order valence-corrected chi connectivity index (χ4v) is 1.74. The van der Waals surface area contributed by atoms with Gasteiger partial charge in [-0.05, 0) is 37.5 Å². The SMILES string of the molecule is O=C(Nc1ccc(F)c(C#CCO)c1)NC1CCC1. The van der Waals surface area contributed by atoms with Crippen LogP contribution in [0, 0.1) is 17.7 Å². The van der Waals surface area contributed by atoms with Crippen molar-refractivity contribution in [1.82, 2.24) is 5.32 Å². The zero-order valence-corrected chi connectivity index (χ0v) is 10.4. The van der Waals surface area contributed by atoms with Gasteiger partial charge in [0.15, 0.2) is 0 Å². The number of hydrogen-bond acceptors (Lipinski definition) is 2. The molecule has 1 aromatic carbocycles. The highest BCUT2D eigenvalue weighted by Crippen LogP contribution is 2.18. The third kappa shape index (κ3) is 3.70. The van der Waals surface area contributed by atoms with E-state index in [9.17, 15) is 9.18 Å². The number of urea groups is 1. The Labute approximate surface area is 111 Å². The van der Waals surface area contributed by atoms with Gasteiger partial charge >= 0.3 is 6.03 Å². The lowest BCUT2D eigenvalue weighted by Crippen LogP contribution is -2.41. The Morgan fingerprint density at radius 3 is 2.89 bits per heavy atom. The molecule has 0 aliphatic heterocycles. The number of carbonyl (C=O) groups excluding carboxylic acids is 1. The van der Waals surface area contributed by atoms with Crippen LogP contribution >= 0.6 is 0 Å². The van der Waals surface area contributed by atoms with E-state index in [1.54, 1.807) is 0 Å². The fourth-order valence-electron chi connectivity index (χ4n) is 1.74. The second-order valence-corrected chi connectivity index (χ2v) is 4.38. The average Bonchev–Trinajstić information content (AvgIpc) is 2.34. The highest BCUT2D eigenvalue weighted by Gasteiger charge is 2.19. The van der Waals surface area contributed by atoms with E-state index < -0.39 is 5.82 Å². The van der Waals surface area contributed by atoms with Gasteiger partial charge in [0.2, 0.25) is 0 Å². The molecule has 0 bridgehead atoms. The van der Waals surface area contributed by atoms with E-state index in [0.29, 0.717) is 5.69 Å². The molecular formula is C14H15FN2O2. The molecule has 0 spiro atoms. The number of aliphatic hydroxyl groups excluding tert-OH is 1. The van der Waals surface area contributed by atoms with E-state index in [0.717, 1.165) is 19.3 Å². The maximum atomic E-state index is 13.4. The van der Waals surface area contributed by atoms with Crippen LogP contribution in [-0.4, -0.2) is 23.8 Å². The highest BCUT2D eigenvalue weighted by molar-refractivity contribution is 5.89. The Morgan fingerprint density at radius 2 is 2.26 bits per heavy atom. The molecule has 5 heteroatoms. The Bertz CT molecular complexity index is 530. The molecule has 1 aromatic rings. The molecule has 1 aliphatic rings. The normalized spacial score (nSPS) is 14.0. The van der Waals surface area contributed by atoms with E-state index >= 15 is 0 Å². The van der Waals surface area contributed by atoms with Gasteiger partial charge in [-0.15, -0.1) is 0 Å². The largest absolute Gasteiger partial charge is 0.384 e. The number of halogens is 1. The molecule has 0 heterocycles. The zero-order chi connectivity index (χ0) is 13.7. The van der Waals surface area contributed by atoms with Crippen molar-refractivity contribution in [3.63, 3.8) is 0 Å². The number of aliphatic hydroxyl groups is 1. The summed E-state index contributed by atoms with van der Waals surface area (Å²) < 4.78 is 13.4. The van der Waals surface area contributed by atoms with E-state index in [-0.39, 0.29) is 24.2 Å². The van der Waals surface area contributed by atoms with Crippen molar-refractivity contribution in [2.75, 3.05) is 11.9 Å². The van der Waals surface area contributed by atoms with Gasteiger partial charge in [-0.1, -0.05) is 11.8 Å². The first-order valence-corrected chi connectivity index (χ1v) is 6.16. The average molecular weight is 262 g/mol. The van der Waals surface area contributed by atoms with Crippen LogP contribution in [0.3, 0.4) is 0 Å². The third-order valence-corrected chi connectivity index (χ3v) is 2.97. The molecule has 0 aromatic heterocycles. The minimum atomic E-state index is -0.481. The quantitative estimate of drug-likeness (QED) is 0.712. The first-order chi connectivity index (χ1) is 9.19. The number of amides is 2. The molecule has 0 saturated heterocycles. The van der Waals surface area contributed by atoms with Crippen molar-refractivity contribution in [3.8, 4) is 11.8 Å². The van der Waals surface area contributed by atoms with Crippen LogP contribution in [0.4, 0.5) is 14.9 Å². The van der Waals surface area contributed by atoms with E-state index in [1.165, 1.54) is 18.2 Å². The first kappa shape index (κ1) is 13.4. The predicted molar refractivity (Wildman–Crippen MR) is 70.2 cm³/mol. The van der Waals surface area contributed by atoms with Crippen molar-refractivity contribution >= 4 is 11.7 Å². The molecule has 2 amide bonds. The van der Waals surface area contributed by atoms with E-state index in [2.05, 4.69) is 22.5 Å². The molecule has 1 saturated carbocycles. The summed E-state index contributed by atoms with van der Waals surface area (Å²) in [6, 6.07) is 4.10. The van der Waals surface area contributed by atoms with Gasteiger partial charge in [-0.3, -0.25) is 0 Å². The molecule has 0 radical (unpaired) electrons. The lowest BCUT2D eigenvalue weighted by Gasteiger charge is -2.26. The van der Waals surface area contributed by atoms with Crippen LogP contribution in [0.15, 0.2) is 18.2 Å². The molecular weight excluding hydrogens is 247 g/mol. The molecule has 3 N–H and O–H groups in total. The summed E-state index contributed by atoms with van der Waals surface area (Å²) in [6.07, 6.45) is 3.15. The van der Waals surface area contributed by atoms with Crippen LogP contribution in [0.2, 0.25) is 0 Å². The van der Waals surface area contributed by atoms with Gasteiger partial charge in [0, 0.05) is 11.7 Å². The number of benzene rings is 1. The minimum Gasteiger partial charge on any atom is -0.384 e. The minimum absolute atomic E-state index is 0.149. The second kappa shape index (κ2) is 6.21. The third-order valence-electron chi connectivity index (χ3n) is 2.97. The van der Waals surface area contributed by atoms with Crippen molar-refractivity contribution in [2.45, 2.75) is 25.3 Å². The summed E-state index contributed by atoms with van der Waals surface area (Å²) >= 11 is 0. The van der Waals surface area contributed by atoms with Gasteiger partial charge in [0.25, 0.3) is 0 Å². The van der Waals surface area contributed by atoms with Crippen molar-refractivity contribution in [3.05, 3.63) is 29.6 Å². The first-order valence-electron chi connectivity index (χ1n) is 6.16. The molecule has 2 rings (SSSR count). The highest BCUT2D eigenvalue weighted by atomic mass is 19.1. The Balaban J connectivity index is 2.01. The smallest absolute Gasteiger partial charge is 0.319 e. The molecule has 4 nitrogen and oxygen atoms in total. The van der Waals surface area contributed by atoms with Gasteiger partial charge in [0.1, 0.15) is 12.4 Å².